The van der Waals surface area contributed by atoms with Gasteiger partial charge >= 0.3 is 5.97 Å². The van der Waals surface area contributed by atoms with Gasteiger partial charge in [0.15, 0.2) is 0 Å². The van der Waals surface area contributed by atoms with Crippen molar-refractivity contribution in [2.45, 2.75) is 12.0 Å². The topological polar surface area (TPSA) is 80.4 Å². The second-order valence-electron chi connectivity index (χ2n) is 3.28. The minimum absolute atomic E-state index is 0.196. The molecule has 0 saturated heterocycles. The first-order valence-corrected chi connectivity index (χ1v) is 5.09. The fourth-order valence-corrected chi connectivity index (χ4v) is 1.53. The van der Waals surface area contributed by atoms with Gasteiger partial charge in [-0.15, -0.1) is 0 Å². The molecule has 0 radical (unpaired) electrons. The Bertz CT molecular complexity index is 436. The lowest BCUT2D eigenvalue weighted by molar-refractivity contribution is -0.144. The van der Waals surface area contributed by atoms with Crippen LogP contribution in [0.15, 0.2) is 18.2 Å². The van der Waals surface area contributed by atoms with Crippen molar-refractivity contribution in [3.05, 3.63) is 33.8 Å². The Balaban J connectivity index is 3.26. The number of hydrogen-bond acceptors (Lipinski definition) is 3. The van der Waals surface area contributed by atoms with Gasteiger partial charge in [0.25, 0.3) is 0 Å². The summed E-state index contributed by atoms with van der Waals surface area (Å²) in [5.74, 6) is -1.29. The molecule has 1 aromatic rings. The summed E-state index contributed by atoms with van der Waals surface area (Å²) in [4.78, 5) is 21.5. The molecule has 0 bridgehead atoms. The van der Waals surface area contributed by atoms with E-state index in [4.69, 9.17) is 34.0 Å². The highest BCUT2D eigenvalue weighted by Gasteiger charge is 2.36. The van der Waals surface area contributed by atoms with E-state index in [0.29, 0.717) is 11.3 Å². The second-order valence-corrected chi connectivity index (χ2v) is 4.09. The smallest absolute Gasteiger partial charge is 0.328 e. The van der Waals surface area contributed by atoms with Crippen LogP contribution in [0.3, 0.4) is 0 Å². The maximum atomic E-state index is 11.0. The van der Waals surface area contributed by atoms with Crippen LogP contribution in [0.2, 0.25) is 10.0 Å². The van der Waals surface area contributed by atoms with E-state index in [1.54, 1.807) is 0 Å². The zero-order chi connectivity index (χ0) is 12.3. The molecule has 0 fully saturated rings. The first kappa shape index (κ1) is 13.0. The molecule has 86 valence electrons. The molecule has 0 aliphatic carbocycles. The Morgan fingerprint density at radius 3 is 2.50 bits per heavy atom. The van der Waals surface area contributed by atoms with E-state index in [9.17, 15) is 9.59 Å². The average Bonchev–Trinajstić information content (AvgIpc) is 2.22. The Kier molecular flexibility index (Phi) is 3.91. The van der Waals surface area contributed by atoms with E-state index < -0.39 is 11.5 Å². The molecule has 3 N–H and O–H groups in total. The van der Waals surface area contributed by atoms with Crippen LogP contribution in [0.5, 0.6) is 0 Å². The number of carboxylic acids is 1. The van der Waals surface area contributed by atoms with Crippen LogP contribution >= 0.6 is 23.2 Å². The van der Waals surface area contributed by atoms with Gasteiger partial charge in [-0.25, -0.2) is 4.79 Å². The standard InChI is InChI=1S/C10H9Cl2NO3/c11-7-2-1-6(5-8(7)12)10(13,3-4-14)9(15)16/h1-2,4-5H,3,13H2,(H,15,16)/t10-/m0/s1. The molecule has 1 aromatic carbocycles. The van der Waals surface area contributed by atoms with Gasteiger partial charge in [0.1, 0.15) is 11.8 Å². The van der Waals surface area contributed by atoms with Crippen LogP contribution in [0.25, 0.3) is 0 Å². The average molecular weight is 262 g/mol. The predicted octanol–water partition coefficient (Wildman–Crippen LogP) is 1.82. The minimum Gasteiger partial charge on any atom is -0.480 e. The largest absolute Gasteiger partial charge is 0.480 e. The molecule has 1 rings (SSSR count). The molecule has 0 amide bonds. The van der Waals surface area contributed by atoms with Crippen molar-refractivity contribution in [2.75, 3.05) is 0 Å². The van der Waals surface area contributed by atoms with Gasteiger partial charge in [-0.3, -0.25) is 0 Å². The van der Waals surface area contributed by atoms with Crippen LogP contribution in [0.1, 0.15) is 12.0 Å². The summed E-state index contributed by atoms with van der Waals surface area (Å²) < 4.78 is 0. The number of carbonyl (C=O) groups is 2. The first-order chi connectivity index (χ1) is 7.41. The molecule has 0 spiro atoms. The number of benzene rings is 1. The molecule has 6 heteroatoms. The normalized spacial score (nSPS) is 14.2. The van der Waals surface area contributed by atoms with Gasteiger partial charge in [0.05, 0.1) is 10.0 Å². The van der Waals surface area contributed by atoms with E-state index in [0.717, 1.165) is 0 Å². The monoisotopic (exact) mass is 261 g/mol. The molecular formula is C10H9Cl2NO3. The van der Waals surface area contributed by atoms with Crippen LogP contribution in [0, 0.1) is 0 Å². The van der Waals surface area contributed by atoms with E-state index in [1.807, 2.05) is 0 Å². The fraction of sp³-hybridized carbons (Fsp3) is 0.200. The van der Waals surface area contributed by atoms with Gasteiger partial charge in [-0.1, -0.05) is 29.3 Å². The molecule has 1 atom stereocenters. The number of halogens is 2. The highest BCUT2D eigenvalue weighted by molar-refractivity contribution is 6.42. The van der Waals surface area contributed by atoms with E-state index >= 15 is 0 Å². The van der Waals surface area contributed by atoms with E-state index in [2.05, 4.69) is 0 Å². The van der Waals surface area contributed by atoms with Gasteiger partial charge in [-0.05, 0) is 17.7 Å². The van der Waals surface area contributed by atoms with Crippen molar-refractivity contribution in [2.24, 2.45) is 5.73 Å². The Labute approximate surface area is 102 Å². The maximum Gasteiger partial charge on any atom is 0.328 e. The lowest BCUT2D eigenvalue weighted by Crippen LogP contribution is -2.45. The highest BCUT2D eigenvalue weighted by Crippen LogP contribution is 2.29. The third kappa shape index (κ3) is 2.35. The number of aliphatic carboxylic acids is 1. The summed E-state index contributed by atoms with van der Waals surface area (Å²) in [6.45, 7) is 0. The van der Waals surface area contributed by atoms with E-state index in [1.165, 1.54) is 18.2 Å². The molecule has 0 aliphatic heterocycles. The van der Waals surface area contributed by atoms with Gasteiger partial charge in [0, 0.05) is 6.42 Å². The third-order valence-corrected chi connectivity index (χ3v) is 2.96. The lowest BCUT2D eigenvalue weighted by atomic mass is 9.88. The summed E-state index contributed by atoms with van der Waals surface area (Å²) in [5, 5.41) is 9.51. The summed E-state index contributed by atoms with van der Waals surface area (Å²) in [5.41, 5.74) is 4.13. The summed E-state index contributed by atoms with van der Waals surface area (Å²) in [7, 11) is 0. The van der Waals surface area contributed by atoms with Crippen molar-refractivity contribution < 1.29 is 14.7 Å². The number of rotatable bonds is 4. The quantitative estimate of drug-likeness (QED) is 0.811. The molecule has 16 heavy (non-hydrogen) atoms. The van der Waals surface area contributed by atoms with Crippen LogP contribution in [-0.4, -0.2) is 17.4 Å². The first-order valence-electron chi connectivity index (χ1n) is 4.33. The van der Waals surface area contributed by atoms with Crippen molar-refractivity contribution in [1.29, 1.82) is 0 Å². The number of carboxylic acid groups (broad SMARTS) is 1. The minimum atomic E-state index is -1.77. The zero-order valence-electron chi connectivity index (χ0n) is 8.11. The van der Waals surface area contributed by atoms with Crippen LogP contribution in [0.4, 0.5) is 0 Å². The SMILES string of the molecule is N[C@](CC=O)(C(=O)O)c1ccc(Cl)c(Cl)c1. The molecular weight excluding hydrogens is 253 g/mol. The van der Waals surface area contributed by atoms with Crippen molar-refractivity contribution >= 4 is 35.5 Å². The highest BCUT2D eigenvalue weighted by atomic mass is 35.5. The molecule has 0 saturated carbocycles. The maximum absolute atomic E-state index is 11.0. The lowest BCUT2D eigenvalue weighted by Gasteiger charge is -2.23. The van der Waals surface area contributed by atoms with Gasteiger partial charge in [0.2, 0.25) is 0 Å². The van der Waals surface area contributed by atoms with Crippen molar-refractivity contribution in [3.63, 3.8) is 0 Å². The zero-order valence-corrected chi connectivity index (χ0v) is 9.63. The molecule has 4 nitrogen and oxygen atoms in total. The Morgan fingerprint density at radius 1 is 1.44 bits per heavy atom. The number of hydrogen-bond donors (Lipinski definition) is 2. The number of carbonyl (C=O) groups excluding carboxylic acids is 1. The Hall–Kier alpha value is -1.10. The molecule has 0 aromatic heterocycles. The summed E-state index contributed by atoms with van der Waals surface area (Å²) in [6.07, 6.45) is 0.122. The van der Waals surface area contributed by atoms with E-state index in [-0.39, 0.29) is 17.0 Å². The summed E-state index contributed by atoms with van der Waals surface area (Å²) >= 11 is 11.5. The molecule has 0 aliphatic rings. The van der Waals surface area contributed by atoms with Crippen LogP contribution in [-0.2, 0) is 15.1 Å². The number of aldehydes is 1. The second kappa shape index (κ2) is 4.82. The molecule has 0 heterocycles. The van der Waals surface area contributed by atoms with Crippen LogP contribution < -0.4 is 5.73 Å². The molecule has 0 unspecified atom stereocenters. The fourth-order valence-electron chi connectivity index (χ4n) is 1.23. The van der Waals surface area contributed by atoms with Gasteiger partial charge in [-0.2, -0.15) is 0 Å². The Morgan fingerprint density at radius 2 is 2.06 bits per heavy atom. The van der Waals surface area contributed by atoms with Crippen molar-refractivity contribution in [3.8, 4) is 0 Å². The van der Waals surface area contributed by atoms with Gasteiger partial charge < -0.3 is 15.6 Å². The van der Waals surface area contributed by atoms with Crippen molar-refractivity contribution in [1.82, 2.24) is 0 Å². The number of nitrogens with two attached hydrogens (primary N) is 1. The predicted molar refractivity (Wildman–Crippen MR) is 60.6 cm³/mol. The summed E-state index contributed by atoms with van der Waals surface area (Å²) in [6, 6.07) is 4.22. The third-order valence-electron chi connectivity index (χ3n) is 2.22.